The summed E-state index contributed by atoms with van der Waals surface area (Å²) in [5.41, 5.74) is 0.702. The van der Waals surface area contributed by atoms with Crippen LogP contribution < -0.4 is 10.2 Å². The minimum Gasteiger partial charge on any atom is -0.356 e. The van der Waals surface area contributed by atoms with Crippen molar-refractivity contribution in [1.82, 2.24) is 10.3 Å². The molecule has 20 heavy (non-hydrogen) atoms. The lowest BCUT2D eigenvalue weighted by Crippen LogP contribution is -2.35. The SMILES string of the molecule is CCC(C)NC(=O)c1ccnc(N2CCCC(C)C2)c1. The number of rotatable bonds is 4. The topological polar surface area (TPSA) is 45.2 Å². The van der Waals surface area contributed by atoms with Crippen molar-refractivity contribution >= 4 is 11.7 Å². The zero-order valence-corrected chi connectivity index (χ0v) is 12.7. The first-order chi connectivity index (χ1) is 9.60. The molecule has 1 saturated heterocycles. The summed E-state index contributed by atoms with van der Waals surface area (Å²) in [5, 5.41) is 3.00. The fraction of sp³-hybridized carbons (Fsp3) is 0.625. The third kappa shape index (κ3) is 3.71. The van der Waals surface area contributed by atoms with Gasteiger partial charge in [-0.15, -0.1) is 0 Å². The molecule has 2 heterocycles. The number of piperidine rings is 1. The molecular weight excluding hydrogens is 250 g/mol. The highest BCUT2D eigenvalue weighted by Gasteiger charge is 2.18. The Kier molecular flexibility index (Phi) is 4.99. The summed E-state index contributed by atoms with van der Waals surface area (Å²) in [6.45, 7) is 8.42. The minimum atomic E-state index is -0.00643. The van der Waals surface area contributed by atoms with Crippen LogP contribution in [-0.4, -0.2) is 30.0 Å². The van der Waals surface area contributed by atoms with Gasteiger partial charge in [0, 0.05) is 30.9 Å². The van der Waals surface area contributed by atoms with Gasteiger partial charge < -0.3 is 10.2 Å². The van der Waals surface area contributed by atoms with Gasteiger partial charge in [-0.3, -0.25) is 4.79 Å². The van der Waals surface area contributed by atoms with Crippen molar-refractivity contribution in [1.29, 1.82) is 0 Å². The number of amides is 1. The highest BCUT2D eigenvalue weighted by atomic mass is 16.1. The third-order valence-corrected chi connectivity index (χ3v) is 3.98. The summed E-state index contributed by atoms with van der Waals surface area (Å²) >= 11 is 0. The normalized spacial score (nSPS) is 20.6. The molecule has 0 aromatic carbocycles. The highest BCUT2D eigenvalue weighted by molar-refractivity contribution is 5.95. The number of carbonyl (C=O) groups is 1. The summed E-state index contributed by atoms with van der Waals surface area (Å²) in [6.07, 6.45) is 5.16. The molecule has 0 aliphatic carbocycles. The van der Waals surface area contributed by atoms with Crippen LogP contribution in [0.25, 0.3) is 0 Å². The fourth-order valence-corrected chi connectivity index (χ4v) is 2.54. The monoisotopic (exact) mass is 275 g/mol. The predicted octanol–water partition coefficient (Wildman–Crippen LogP) is 2.85. The summed E-state index contributed by atoms with van der Waals surface area (Å²) in [4.78, 5) is 18.9. The molecule has 2 atom stereocenters. The van der Waals surface area contributed by atoms with Crippen molar-refractivity contribution in [3.8, 4) is 0 Å². The Labute approximate surface area is 121 Å². The summed E-state index contributed by atoms with van der Waals surface area (Å²) in [7, 11) is 0. The Morgan fingerprint density at radius 2 is 2.40 bits per heavy atom. The molecule has 4 heteroatoms. The number of aromatic nitrogens is 1. The third-order valence-electron chi connectivity index (χ3n) is 3.98. The molecule has 2 unspecified atom stereocenters. The van der Waals surface area contributed by atoms with E-state index in [2.05, 4.69) is 29.0 Å². The van der Waals surface area contributed by atoms with Crippen molar-refractivity contribution < 1.29 is 4.79 Å². The molecule has 1 aliphatic rings. The van der Waals surface area contributed by atoms with Gasteiger partial charge in [0.2, 0.25) is 0 Å². The number of nitrogens with zero attached hydrogens (tertiary/aromatic N) is 2. The first kappa shape index (κ1) is 14.8. The molecular formula is C16H25N3O. The molecule has 0 spiro atoms. The van der Waals surface area contributed by atoms with Crippen LogP contribution in [0.1, 0.15) is 50.4 Å². The summed E-state index contributed by atoms with van der Waals surface area (Å²) in [5.74, 6) is 1.62. The molecule has 0 radical (unpaired) electrons. The van der Waals surface area contributed by atoms with Crippen LogP contribution in [0.4, 0.5) is 5.82 Å². The van der Waals surface area contributed by atoms with Crippen LogP contribution in [0.5, 0.6) is 0 Å². The highest BCUT2D eigenvalue weighted by Crippen LogP contribution is 2.21. The van der Waals surface area contributed by atoms with E-state index in [-0.39, 0.29) is 11.9 Å². The van der Waals surface area contributed by atoms with E-state index in [0.29, 0.717) is 11.5 Å². The van der Waals surface area contributed by atoms with Crippen LogP contribution in [0.15, 0.2) is 18.3 Å². The van der Waals surface area contributed by atoms with Gasteiger partial charge in [-0.25, -0.2) is 4.98 Å². The van der Waals surface area contributed by atoms with Crippen LogP contribution in [-0.2, 0) is 0 Å². The Morgan fingerprint density at radius 1 is 1.60 bits per heavy atom. The number of hydrogen-bond acceptors (Lipinski definition) is 3. The van der Waals surface area contributed by atoms with Gasteiger partial charge in [0.25, 0.3) is 5.91 Å². The lowest BCUT2D eigenvalue weighted by atomic mass is 10.0. The molecule has 1 aliphatic heterocycles. The van der Waals surface area contributed by atoms with E-state index in [1.54, 1.807) is 12.3 Å². The number of anilines is 1. The van der Waals surface area contributed by atoms with Crippen LogP contribution in [0.2, 0.25) is 0 Å². The number of hydrogen-bond donors (Lipinski definition) is 1. The zero-order chi connectivity index (χ0) is 14.5. The van der Waals surface area contributed by atoms with Crippen molar-refractivity contribution in [3.63, 3.8) is 0 Å². The van der Waals surface area contributed by atoms with Gasteiger partial charge >= 0.3 is 0 Å². The molecule has 2 rings (SSSR count). The lowest BCUT2D eigenvalue weighted by molar-refractivity contribution is 0.0939. The van der Waals surface area contributed by atoms with Crippen LogP contribution in [0, 0.1) is 5.92 Å². The quantitative estimate of drug-likeness (QED) is 0.919. The van der Waals surface area contributed by atoms with Gasteiger partial charge in [0.15, 0.2) is 0 Å². The first-order valence-electron chi connectivity index (χ1n) is 7.62. The Hall–Kier alpha value is -1.58. The number of pyridine rings is 1. The van der Waals surface area contributed by atoms with Crippen molar-refractivity contribution in [2.75, 3.05) is 18.0 Å². The second-order valence-electron chi connectivity index (χ2n) is 5.88. The molecule has 1 aromatic rings. The van der Waals surface area contributed by atoms with Gasteiger partial charge in [-0.05, 0) is 44.2 Å². The summed E-state index contributed by atoms with van der Waals surface area (Å²) < 4.78 is 0. The van der Waals surface area contributed by atoms with E-state index >= 15 is 0 Å². The smallest absolute Gasteiger partial charge is 0.251 e. The standard InChI is InChI=1S/C16H25N3O/c1-4-13(3)18-16(20)14-7-8-17-15(10-14)19-9-5-6-12(2)11-19/h7-8,10,12-13H,4-6,9,11H2,1-3H3,(H,18,20). The molecule has 1 aromatic heterocycles. The molecule has 1 amide bonds. The Bertz CT molecular complexity index is 461. The second kappa shape index (κ2) is 6.73. The fourth-order valence-electron chi connectivity index (χ4n) is 2.54. The van der Waals surface area contributed by atoms with Gasteiger partial charge in [-0.1, -0.05) is 13.8 Å². The average Bonchev–Trinajstić information content (AvgIpc) is 2.47. The predicted molar refractivity (Wildman–Crippen MR) is 82.1 cm³/mol. The average molecular weight is 275 g/mol. The first-order valence-corrected chi connectivity index (χ1v) is 7.62. The maximum Gasteiger partial charge on any atom is 0.251 e. The van der Waals surface area contributed by atoms with Crippen molar-refractivity contribution in [2.24, 2.45) is 5.92 Å². The van der Waals surface area contributed by atoms with Crippen LogP contribution in [0.3, 0.4) is 0 Å². The molecule has 1 fully saturated rings. The molecule has 110 valence electrons. The molecule has 0 bridgehead atoms. The van der Waals surface area contributed by atoms with Gasteiger partial charge in [0.05, 0.1) is 0 Å². The van der Waals surface area contributed by atoms with E-state index in [1.165, 1.54) is 12.8 Å². The van der Waals surface area contributed by atoms with E-state index < -0.39 is 0 Å². The van der Waals surface area contributed by atoms with E-state index in [4.69, 9.17) is 0 Å². The maximum atomic E-state index is 12.2. The molecule has 0 saturated carbocycles. The minimum absolute atomic E-state index is 0.00643. The summed E-state index contributed by atoms with van der Waals surface area (Å²) in [6, 6.07) is 3.90. The van der Waals surface area contributed by atoms with E-state index in [9.17, 15) is 4.79 Å². The zero-order valence-electron chi connectivity index (χ0n) is 12.7. The van der Waals surface area contributed by atoms with E-state index in [0.717, 1.165) is 25.3 Å². The largest absolute Gasteiger partial charge is 0.356 e. The molecule has 4 nitrogen and oxygen atoms in total. The van der Waals surface area contributed by atoms with Crippen LogP contribution >= 0.6 is 0 Å². The van der Waals surface area contributed by atoms with E-state index in [1.807, 2.05) is 13.0 Å². The number of nitrogens with one attached hydrogen (secondary N) is 1. The van der Waals surface area contributed by atoms with Gasteiger partial charge in [-0.2, -0.15) is 0 Å². The number of carbonyl (C=O) groups excluding carboxylic acids is 1. The molecule has 1 N–H and O–H groups in total. The second-order valence-corrected chi connectivity index (χ2v) is 5.88. The van der Waals surface area contributed by atoms with Crippen molar-refractivity contribution in [2.45, 2.75) is 46.1 Å². The Morgan fingerprint density at radius 3 is 3.10 bits per heavy atom. The van der Waals surface area contributed by atoms with Gasteiger partial charge in [0.1, 0.15) is 5.82 Å². The lowest BCUT2D eigenvalue weighted by Gasteiger charge is -2.32. The van der Waals surface area contributed by atoms with Crippen molar-refractivity contribution in [3.05, 3.63) is 23.9 Å². The Balaban J connectivity index is 2.09. The maximum absolute atomic E-state index is 12.2.